The highest BCUT2D eigenvalue weighted by molar-refractivity contribution is 7.91. The van der Waals surface area contributed by atoms with Gasteiger partial charge in [-0.1, -0.05) is 24.3 Å². The van der Waals surface area contributed by atoms with Crippen molar-refractivity contribution in [3.63, 3.8) is 0 Å². The minimum atomic E-state index is -4.82. The van der Waals surface area contributed by atoms with Gasteiger partial charge in [-0.15, -0.1) is 13.2 Å². The topological polar surface area (TPSA) is 66.9 Å². The Morgan fingerprint density at radius 3 is 2.33 bits per heavy atom. The van der Waals surface area contributed by atoms with E-state index in [1.165, 1.54) is 42.3 Å². The van der Waals surface area contributed by atoms with Crippen LogP contribution in [0.3, 0.4) is 0 Å². The van der Waals surface area contributed by atoms with Gasteiger partial charge < -0.3 is 14.5 Å². The molecule has 2 aromatic carbocycles. The Hall–Kier alpha value is -2.59. The molecule has 0 saturated carbocycles. The second-order valence-electron chi connectivity index (χ2n) is 6.97. The maximum absolute atomic E-state index is 12.9. The first-order valence-electron chi connectivity index (χ1n) is 8.96. The van der Waals surface area contributed by atoms with E-state index in [2.05, 4.69) is 4.74 Å². The van der Waals surface area contributed by atoms with Gasteiger partial charge in [-0.05, 0) is 43.9 Å². The summed E-state index contributed by atoms with van der Waals surface area (Å²) in [6.45, 7) is 0.271. The quantitative estimate of drug-likeness (QED) is 0.626. The fourth-order valence-electron chi connectivity index (χ4n) is 2.72. The predicted octanol–water partition coefficient (Wildman–Crippen LogP) is 3.19. The first-order valence-corrected chi connectivity index (χ1v) is 10.6. The highest BCUT2D eigenvalue weighted by Crippen LogP contribution is 2.24. The van der Waals surface area contributed by atoms with Crippen LogP contribution in [-0.4, -0.2) is 63.9 Å². The number of nitrogens with zero attached hydrogens (tertiary/aromatic N) is 2. The largest absolute Gasteiger partial charge is 0.573 e. The number of hydrogen-bond acceptors (Lipinski definition) is 5. The van der Waals surface area contributed by atoms with Gasteiger partial charge in [0.05, 0.1) is 16.2 Å². The van der Waals surface area contributed by atoms with E-state index in [9.17, 15) is 26.4 Å². The van der Waals surface area contributed by atoms with E-state index in [4.69, 9.17) is 0 Å². The standard InChI is InChI=1S/C20H23F3N2O4S/c1-24(2)11-12-30(27,28)18-10-5-4-9-17(18)19(26)25(3)14-15-7-6-8-16(13-15)29-20(21,22)23/h4-10,13H,11-12,14H2,1-3H3. The van der Waals surface area contributed by atoms with E-state index in [0.717, 1.165) is 6.07 Å². The van der Waals surface area contributed by atoms with Crippen molar-refractivity contribution in [2.75, 3.05) is 33.4 Å². The molecule has 30 heavy (non-hydrogen) atoms. The van der Waals surface area contributed by atoms with Gasteiger partial charge in [0.1, 0.15) is 5.75 Å². The Bertz CT molecular complexity index is 992. The summed E-state index contributed by atoms with van der Waals surface area (Å²) in [6, 6.07) is 11.2. The van der Waals surface area contributed by atoms with Gasteiger partial charge in [0.2, 0.25) is 0 Å². The lowest BCUT2D eigenvalue weighted by Crippen LogP contribution is -2.29. The van der Waals surface area contributed by atoms with Gasteiger partial charge in [0.15, 0.2) is 9.84 Å². The normalized spacial score (nSPS) is 12.1. The van der Waals surface area contributed by atoms with Crippen LogP contribution in [-0.2, 0) is 16.4 Å². The number of amides is 1. The lowest BCUT2D eigenvalue weighted by Gasteiger charge is -2.20. The Labute approximate surface area is 173 Å². The maximum atomic E-state index is 12.9. The Balaban J connectivity index is 2.23. The van der Waals surface area contributed by atoms with Crippen molar-refractivity contribution in [2.24, 2.45) is 0 Å². The number of sulfone groups is 1. The third kappa shape index (κ3) is 6.74. The average Bonchev–Trinajstić information content (AvgIpc) is 2.65. The van der Waals surface area contributed by atoms with E-state index < -0.39 is 27.9 Å². The van der Waals surface area contributed by atoms with Gasteiger partial charge >= 0.3 is 6.36 Å². The summed E-state index contributed by atoms with van der Waals surface area (Å²) < 4.78 is 66.5. The first kappa shape index (κ1) is 23.7. The fraction of sp³-hybridized carbons (Fsp3) is 0.350. The molecule has 0 aromatic heterocycles. The summed E-state index contributed by atoms with van der Waals surface area (Å²) in [4.78, 5) is 15.8. The summed E-state index contributed by atoms with van der Waals surface area (Å²) in [6.07, 6.45) is -4.82. The summed E-state index contributed by atoms with van der Waals surface area (Å²) in [5.41, 5.74) is 0.419. The third-order valence-electron chi connectivity index (χ3n) is 4.16. The summed E-state index contributed by atoms with van der Waals surface area (Å²) in [7, 11) is 1.24. The van der Waals surface area contributed by atoms with Crippen molar-refractivity contribution < 1.29 is 31.1 Å². The summed E-state index contributed by atoms with van der Waals surface area (Å²) in [5.74, 6) is -1.10. The molecule has 10 heteroatoms. The minimum absolute atomic E-state index is 0.0152. The zero-order valence-electron chi connectivity index (χ0n) is 16.8. The van der Waals surface area contributed by atoms with Gasteiger partial charge in [0.25, 0.3) is 5.91 Å². The van der Waals surface area contributed by atoms with Crippen LogP contribution in [0.5, 0.6) is 5.75 Å². The van der Waals surface area contributed by atoms with Crippen LogP contribution in [0, 0.1) is 0 Å². The molecule has 0 bridgehead atoms. The molecular formula is C20H23F3N2O4S. The van der Waals surface area contributed by atoms with Gasteiger partial charge in [-0.3, -0.25) is 4.79 Å². The van der Waals surface area contributed by atoms with Crippen molar-refractivity contribution >= 4 is 15.7 Å². The molecule has 0 atom stereocenters. The molecule has 0 N–H and O–H groups in total. The van der Waals surface area contributed by atoms with Crippen molar-refractivity contribution in [2.45, 2.75) is 17.8 Å². The SMILES string of the molecule is CN(C)CCS(=O)(=O)c1ccccc1C(=O)N(C)Cc1cccc(OC(F)(F)F)c1. The van der Waals surface area contributed by atoms with Crippen LogP contribution < -0.4 is 4.74 Å². The summed E-state index contributed by atoms with van der Waals surface area (Å²) >= 11 is 0. The molecule has 0 aliphatic carbocycles. The molecule has 0 heterocycles. The predicted molar refractivity (Wildman–Crippen MR) is 106 cm³/mol. The van der Waals surface area contributed by atoms with E-state index in [-0.39, 0.29) is 22.8 Å². The van der Waals surface area contributed by atoms with E-state index in [1.807, 2.05) is 0 Å². The third-order valence-corrected chi connectivity index (χ3v) is 5.90. The maximum Gasteiger partial charge on any atom is 0.573 e. The number of carbonyl (C=O) groups excluding carboxylic acids is 1. The van der Waals surface area contributed by atoms with Gasteiger partial charge in [-0.25, -0.2) is 8.42 Å². The molecule has 6 nitrogen and oxygen atoms in total. The van der Waals surface area contributed by atoms with Crippen molar-refractivity contribution in [3.8, 4) is 5.75 Å². The smallest absolute Gasteiger partial charge is 0.406 e. The average molecular weight is 444 g/mol. The van der Waals surface area contributed by atoms with Crippen LogP contribution in [0.2, 0.25) is 0 Å². The molecule has 0 radical (unpaired) electrons. The number of rotatable bonds is 8. The molecule has 0 saturated heterocycles. The molecule has 0 fully saturated rings. The molecule has 0 spiro atoms. The Morgan fingerprint density at radius 1 is 1.03 bits per heavy atom. The highest BCUT2D eigenvalue weighted by atomic mass is 32.2. The fourth-order valence-corrected chi connectivity index (χ4v) is 4.32. The minimum Gasteiger partial charge on any atom is -0.406 e. The number of carbonyl (C=O) groups is 1. The second kappa shape index (κ2) is 9.48. The Morgan fingerprint density at radius 2 is 1.70 bits per heavy atom. The monoisotopic (exact) mass is 444 g/mol. The number of ether oxygens (including phenoxy) is 1. The van der Waals surface area contributed by atoms with Crippen LogP contribution in [0.25, 0.3) is 0 Å². The molecule has 2 rings (SSSR count). The molecule has 1 amide bonds. The van der Waals surface area contributed by atoms with Crippen molar-refractivity contribution in [3.05, 3.63) is 59.7 Å². The summed E-state index contributed by atoms with van der Waals surface area (Å²) in [5, 5.41) is 0. The van der Waals surface area contributed by atoms with Crippen molar-refractivity contribution in [1.29, 1.82) is 0 Å². The lowest BCUT2D eigenvalue weighted by molar-refractivity contribution is -0.274. The zero-order chi connectivity index (χ0) is 22.5. The molecular weight excluding hydrogens is 421 g/mol. The van der Waals surface area contributed by atoms with Gasteiger partial charge in [-0.2, -0.15) is 0 Å². The van der Waals surface area contributed by atoms with Gasteiger partial charge in [0, 0.05) is 20.1 Å². The van der Waals surface area contributed by atoms with Crippen LogP contribution >= 0.6 is 0 Å². The lowest BCUT2D eigenvalue weighted by atomic mass is 10.1. The van der Waals surface area contributed by atoms with E-state index >= 15 is 0 Å². The molecule has 0 aliphatic rings. The van der Waals surface area contributed by atoms with Crippen LogP contribution in [0.4, 0.5) is 13.2 Å². The second-order valence-corrected chi connectivity index (χ2v) is 9.05. The number of hydrogen-bond donors (Lipinski definition) is 0. The molecule has 2 aromatic rings. The first-order chi connectivity index (χ1) is 13.9. The van der Waals surface area contributed by atoms with E-state index in [0.29, 0.717) is 12.1 Å². The number of halogens is 3. The van der Waals surface area contributed by atoms with Crippen LogP contribution in [0.15, 0.2) is 53.4 Å². The van der Waals surface area contributed by atoms with Crippen molar-refractivity contribution in [1.82, 2.24) is 9.80 Å². The highest BCUT2D eigenvalue weighted by Gasteiger charge is 2.31. The molecule has 0 unspecified atom stereocenters. The number of benzene rings is 2. The van der Waals surface area contributed by atoms with Crippen LogP contribution in [0.1, 0.15) is 15.9 Å². The molecule has 0 aliphatic heterocycles. The molecule has 164 valence electrons. The Kier molecular flexibility index (Phi) is 7.49. The van der Waals surface area contributed by atoms with E-state index in [1.54, 1.807) is 31.1 Å². The number of alkyl halides is 3. The zero-order valence-corrected chi connectivity index (χ0v) is 17.6.